The van der Waals surface area contributed by atoms with Gasteiger partial charge in [-0.1, -0.05) is 54.6 Å². The van der Waals surface area contributed by atoms with Gasteiger partial charge in [0, 0.05) is 30.8 Å². The molecule has 0 amide bonds. The molecule has 5 rings (SSSR count). The Bertz CT molecular complexity index is 1300. The summed E-state index contributed by atoms with van der Waals surface area (Å²) >= 11 is 0. The third-order valence-corrected chi connectivity index (χ3v) is 6.39. The Balaban J connectivity index is 1.44. The number of aromatic nitrogens is 2. The second kappa shape index (κ2) is 10.1. The van der Waals surface area contributed by atoms with Crippen molar-refractivity contribution in [3.8, 4) is 28.1 Å². The van der Waals surface area contributed by atoms with Crippen LogP contribution < -0.4 is 0 Å². The SMILES string of the molecule is O=C(O)OC1CCN(Cc2cnn(-c3ccc(-c4ccccc4)cc3)c2-c2ccccc2F)CC1. The fourth-order valence-corrected chi connectivity index (χ4v) is 4.63. The van der Waals surface area contributed by atoms with Crippen LogP contribution in [0.4, 0.5) is 9.18 Å². The number of ether oxygens (including phenoxy) is 1. The number of piperidine rings is 1. The lowest BCUT2D eigenvalue weighted by Gasteiger charge is -2.31. The van der Waals surface area contributed by atoms with Crippen LogP contribution >= 0.6 is 0 Å². The highest BCUT2D eigenvalue weighted by atomic mass is 19.1. The molecular weight excluding hydrogens is 445 g/mol. The van der Waals surface area contributed by atoms with Crippen LogP contribution in [0.5, 0.6) is 0 Å². The van der Waals surface area contributed by atoms with Crippen molar-refractivity contribution in [2.24, 2.45) is 0 Å². The first-order valence-corrected chi connectivity index (χ1v) is 11.7. The van der Waals surface area contributed by atoms with Crippen LogP contribution in [0.3, 0.4) is 0 Å². The molecule has 0 spiro atoms. The highest BCUT2D eigenvalue weighted by Crippen LogP contribution is 2.31. The molecule has 3 aromatic carbocycles. The van der Waals surface area contributed by atoms with Gasteiger partial charge in [0.2, 0.25) is 0 Å². The standard InChI is InChI=1S/C28H26FN3O3/c29-26-9-5-4-8-25(26)27-22(19-31-16-14-24(15-17-31)35-28(33)34)18-30-32(27)23-12-10-21(11-13-23)20-6-2-1-3-7-20/h1-13,18,24H,14-17,19H2,(H,33,34). The molecule has 0 radical (unpaired) electrons. The summed E-state index contributed by atoms with van der Waals surface area (Å²) in [6.07, 6.45) is 1.56. The third-order valence-electron chi connectivity index (χ3n) is 6.39. The number of carbonyl (C=O) groups is 1. The second-order valence-electron chi connectivity index (χ2n) is 8.68. The van der Waals surface area contributed by atoms with Gasteiger partial charge in [0.15, 0.2) is 0 Å². The van der Waals surface area contributed by atoms with Crippen molar-refractivity contribution in [1.29, 1.82) is 0 Å². The van der Waals surface area contributed by atoms with E-state index >= 15 is 0 Å². The van der Waals surface area contributed by atoms with Crippen molar-refractivity contribution in [3.63, 3.8) is 0 Å². The molecule has 1 fully saturated rings. The van der Waals surface area contributed by atoms with Crippen molar-refractivity contribution in [1.82, 2.24) is 14.7 Å². The second-order valence-corrected chi connectivity index (χ2v) is 8.68. The average Bonchev–Trinajstić information content (AvgIpc) is 3.29. The summed E-state index contributed by atoms with van der Waals surface area (Å²) in [4.78, 5) is 13.1. The summed E-state index contributed by atoms with van der Waals surface area (Å²) in [5.41, 5.74) is 5.21. The molecule has 6 nitrogen and oxygen atoms in total. The molecule has 0 atom stereocenters. The lowest BCUT2D eigenvalue weighted by Crippen LogP contribution is -2.37. The van der Waals surface area contributed by atoms with E-state index in [4.69, 9.17) is 9.84 Å². The number of halogens is 1. The normalized spacial score (nSPS) is 14.7. The van der Waals surface area contributed by atoms with E-state index in [1.54, 1.807) is 23.0 Å². The fourth-order valence-electron chi connectivity index (χ4n) is 4.63. The summed E-state index contributed by atoms with van der Waals surface area (Å²) in [5.74, 6) is -0.301. The van der Waals surface area contributed by atoms with Gasteiger partial charge >= 0.3 is 6.16 Å². The maximum atomic E-state index is 14.9. The van der Waals surface area contributed by atoms with E-state index in [2.05, 4.69) is 22.1 Å². The summed E-state index contributed by atoms with van der Waals surface area (Å²) in [5, 5.41) is 13.5. The first kappa shape index (κ1) is 22.8. The number of hydrogen-bond acceptors (Lipinski definition) is 4. The van der Waals surface area contributed by atoms with Crippen molar-refractivity contribution < 1.29 is 19.0 Å². The molecule has 1 aliphatic heterocycles. The van der Waals surface area contributed by atoms with Crippen LogP contribution in [0, 0.1) is 5.82 Å². The molecule has 178 valence electrons. The van der Waals surface area contributed by atoms with E-state index in [0.29, 0.717) is 38.0 Å². The molecule has 35 heavy (non-hydrogen) atoms. The Labute approximate surface area is 203 Å². The van der Waals surface area contributed by atoms with Crippen LogP contribution in [-0.4, -0.2) is 45.1 Å². The Hall–Kier alpha value is -3.97. The zero-order valence-corrected chi connectivity index (χ0v) is 19.2. The number of likely N-dealkylation sites (tertiary alicyclic amines) is 1. The molecule has 0 bridgehead atoms. The van der Waals surface area contributed by atoms with Gasteiger partial charge in [0.25, 0.3) is 0 Å². The van der Waals surface area contributed by atoms with Gasteiger partial charge < -0.3 is 9.84 Å². The van der Waals surface area contributed by atoms with Gasteiger partial charge in [0.05, 0.1) is 17.6 Å². The zero-order valence-electron chi connectivity index (χ0n) is 19.2. The molecule has 2 heterocycles. The van der Waals surface area contributed by atoms with E-state index < -0.39 is 6.16 Å². The molecule has 1 saturated heterocycles. The van der Waals surface area contributed by atoms with Crippen LogP contribution in [0.25, 0.3) is 28.1 Å². The molecule has 1 aliphatic rings. The summed E-state index contributed by atoms with van der Waals surface area (Å²) in [6.45, 7) is 1.99. The maximum absolute atomic E-state index is 14.9. The number of hydrogen-bond donors (Lipinski definition) is 1. The minimum atomic E-state index is -1.23. The highest BCUT2D eigenvalue weighted by Gasteiger charge is 2.25. The number of rotatable bonds is 6. The first-order chi connectivity index (χ1) is 17.1. The predicted molar refractivity (Wildman–Crippen MR) is 132 cm³/mol. The Morgan fingerprint density at radius 2 is 1.60 bits per heavy atom. The molecule has 1 N–H and O–H groups in total. The van der Waals surface area contributed by atoms with Crippen molar-refractivity contribution in [3.05, 3.63) is 96.4 Å². The molecule has 0 saturated carbocycles. The Kier molecular flexibility index (Phi) is 6.59. The van der Waals surface area contributed by atoms with E-state index in [1.807, 2.05) is 48.5 Å². The van der Waals surface area contributed by atoms with Crippen molar-refractivity contribution >= 4 is 6.16 Å². The van der Waals surface area contributed by atoms with Crippen molar-refractivity contribution in [2.75, 3.05) is 13.1 Å². The minimum absolute atomic E-state index is 0.277. The monoisotopic (exact) mass is 471 g/mol. The molecule has 4 aromatic rings. The number of carboxylic acid groups (broad SMARTS) is 1. The van der Waals surface area contributed by atoms with E-state index in [9.17, 15) is 9.18 Å². The smallest absolute Gasteiger partial charge is 0.450 e. The summed E-state index contributed by atoms with van der Waals surface area (Å²) in [7, 11) is 0. The van der Waals surface area contributed by atoms with Gasteiger partial charge in [-0.3, -0.25) is 4.90 Å². The predicted octanol–water partition coefficient (Wildman–Crippen LogP) is 6.00. The van der Waals surface area contributed by atoms with Crippen LogP contribution in [0.2, 0.25) is 0 Å². The van der Waals surface area contributed by atoms with E-state index in [1.165, 1.54) is 6.07 Å². The fraction of sp³-hybridized carbons (Fsp3) is 0.214. The zero-order chi connectivity index (χ0) is 24.2. The van der Waals surface area contributed by atoms with Gasteiger partial charge in [-0.2, -0.15) is 5.10 Å². The van der Waals surface area contributed by atoms with Gasteiger partial charge in [-0.25, -0.2) is 13.9 Å². The van der Waals surface area contributed by atoms with Crippen LogP contribution in [0.15, 0.2) is 85.1 Å². The number of benzene rings is 3. The molecule has 0 unspecified atom stereocenters. The lowest BCUT2D eigenvalue weighted by atomic mass is 10.0. The quantitative estimate of drug-likeness (QED) is 0.349. The van der Waals surface area contributed by atoms with Gasteiger partial charge in [-0.05, 0) is 48.2 Å². The maximum Gasteiger partial charge on any atom is 0.506 e. The van der Waals surface area contributed by atoms with E-state index in [-0.39, 0.29) is 11.9 Å². The van der Waals surface area contributed by atoms with Crippen molar-refractivity contribution in [2.45, 2.75) is 25.5 Å². The summed E-state index contributed by atoms with van der Waals surface area (Å²) < 4.78 is 21.7. The van der Waals surface area contributed by atoms with Gasteiger partial charge in [-0.15, -0.1) is 0 Å². The minimum Gasteiger partial charge on any atom is -0.450 e. The largest absolute Gasteiger partial charge is 0.506 e. The molecular formula is C28H26FN3O3. The number of nitrogens with zero attached hydrogens (tertiary/aromatic N) is 3. The Morgan fingerprint density at radius 3 is 2.29 bits per heavy atom. The van der Waals surface area contributed by atoms with E-state index in [0.717, 1.165) is 28.1 Å². The topological polar surface area (TPSA) is 67.6 Å². The summed E-state index contributed by atoms with van der Waals surface area (Å²) in [6, 6.07) is 25.0. The first-order valence-electron chi connectivity index (χ1n) is 11.7. The average molecular weight is 472 g/mol. The molecule has 1 aromatic heterocycles. The molecule has 7 heteroatoms. The highest BCUT2D eigenvalue weighted by molar-refractivity contribution is 5.68. The third kappa shape index (κ3) is 5.10. The van der Waals surface area contributed by atoms with Crippen LogP contribution in [0.1, 0.15) is 18.4 Å². The van der Waals surface area contributed by atoms with Crippen LogP contribution in [-0.2, 0) is 11.3 Å². The lowest BCUT2D eigenvalue weighted by molar-refractivity contribution is 0.0186. The Morgan fingerprint density at radius 1 is 0.943 bits per heavy atom. The van der Waals surface area contributed by atoms with Gasteiger partial charge in [0.1, 0.15) is 11.9 Å². The molecule has 0 aliphatic carbocycles.